The topological polar surface area (TPSA) is 21.3 Å². The molecule has 1 rings (SSSR count). The van der Waals surface area contributed by atoms with E-state index in [9.17, 15) is 0 Å². The van der Waals surface area contributed by atoms with Crippen LogP contribution >= 0.6 is 11.8 Å². The molecule has 13 heavy (non-hydrogen) atoms. The van der Waals surface area contributed by atoms with Crippen molar-refractivity contribution in [3.63, 3.8) is 0 Å². The summed E-state index contributed by atoms with van der Waals surface area (Å²) in [7, 11) is 0. The molecule has 78 valence electrons. The lowest BCUT2D eigenvalue weighted by molar-refractivity contribution is 0.104. The molecule has 1 atom stereocenters. The Kier molecular flexibility index (Phi) is 6.68. The lowest BCUT2D eigenvalue weighted by Crippen LogP contribution is -2.37. The van der Waals surface area contributed by atoms with Crippen LogP contribution < -0.4 is 5.32 Å². The van der Waals surface area contributed by atoms with Crippen molar-refractivity contribution in [2.45, 2.75) is 31.7 Å². The number of ether oxygens (including phenoxy) is 1. The molecule has 1 aliphatic heterocycles. The molecule has 0 amide bonds. The minimum atomic E-state index is 0.628. The van der Waals surface area contributed by atoms with Crippen molar-refractivity contribution in [1.29, 1.82) is 0 Å². The number of piperidine rings is 1. The Morgan fingerprint density at radius 2 is 2.38 bits per heavy atom. The van der Waals surface area contributed by atoms with E-state index in [1.54, 1.807) is 0 Å². The predicted molar refractivity (Wildman–Crippen MR) is 59.5 cm³/mol. The number of hydrogen-bond acceptors (Lipinski definition) is 3. The van der Waals surface area contributed by atoms with E-state index in [1.165, 1.54) is 38.0 Å². The van der Waals surface area contributed by atoms with Crippen molar-refractivity contribution in [3.8, 4) is 0 Å². The zero-order valence-corrected chi connectivity index (χ0v) is 9.37. The zero-order valence-electron chi connectivity index (χ0n) is 8.55. The molecule has 0 bridgehead atoms. The van der Waals surface area contributed by atoms with Gasteiger partial charge in [-0.2, -0.15) is 11.8 Å². The van der Waals surface area contributed by atoms with Crippen LogP contribution in [0.25, 0.3) is 0 Å². The molecule has 3 heteroatoms. The molecule has 1 N–H and O–H groups in total. The highest BCUT2D eigenvalue weighted by atomic mass is 32.2. The van der Waals surface area contributed by atoms with Crippen LogP contribution in [0.15, 0.2) is 0 Å². The Morgan fingerprint density at radius 3 is 3.08 bits per heavy atom. The van der Waals surface area contributed by atoms with Crippen LogP contribution in [-0.2, 0) is 4.74 Å². The molecule has 2 nitrogen and oxygen atoms in total. The van der Waals surface area contributed by atoms with Crippen LogP contribution in [0.1, 0.15) is 25.7 Å². The van der Waals surface area contributed by atoms with Gasteiger partial charge in [-0.05, 0) is 37.8 Å². The number of hydrogen-bond donors (Lipinski definition) is 1. The number of thioether (sulfide) groups is 1. The first-order valence-corrected chi connectivity index (χ1v) is 6.63. The lowest BCUT2D eigenvalue weighted by atomic mass is 10.1. The summed E-state index contributed by atoms with van der Waals surface area (Å²) in [6, 6.07) is 0.628. The lowest BCUT2D eigenvalue weighted by Gasteiger charge is -2.23. The molecule has 0 spiro atoms. The summed E-state index contributed by atoms with van der Waals surface area (Å²) in [6.07, 6.45) is 7.33. The van der Waals surface area contributed by atoms with Gasteiger partial charge < -0.3 is 10.1 Å². The van der Waals surface area contributed by atoms with E-state index in [-0.39, 0.29) is 0 Å². The molecule has 1 fully saturated rings. The maximum Gasteiger partial charge on any atom is 0.0619 e. The summed E-state index contributed by atoms with van der Waals surface area (Å²) >= 11 is 1.89. The van der Waals surface area contributed by atoms with E-state index < -0.39 is 0 Å². The highest BCUT2D eigenvalue weighted by Crippen LogP contribution is 2.07. The summed E-state index contributed by atoms with van der Waals surface area (Å²) in [5.74, 6) is 1.22. The van der Waals surface area contributed by atoms with E-state index in [2.05, 4.69) is 11.6 Å². The third kappa shape index (κ3) is 5.55. The monoisotopic (exact) mass is 203 g/mol. The average Bonchev–Trinajstić information content (AvgIpc) is 2.19. The second-order valence-electron chi connectivity index (χ2n) is 3.57. The molecule has 1 saturated heterocycles. The van der Waals surface area contributed by atoms with Crippen LogP contribution in [0.5, 0.6) is 0 Å². The molecule has 0 aliphatic carbocycles. The first-order chi connectivity index (χ1) is 6.43. The molecule has 0 aromatic heterocycles. The molecule has 1 unspecified atom stereocenters. The highest BCUT2D eigenvalue weighted by Gasteiger charge is 2.11. The van der Waals surface area contributed by atoms with Gasteiger partial charge in [0, 0.05) is 12.6 Å². The largest absolute Gasteiger partial charge is 0.380 e. The quantitative estimate of drug-likeness (QED) is 0.666. The summed E-state index contributed by atoms with van der Waals surface area (Å²) in [5, 5.41) is 3.48. The Labute approximate surface area is 85.8 Å². The van der Waals surface area contributed by atoms with Gasteiger partial charge in [0.15, 0.2) is 0 Å². The smallest absolute Gasteiger partial charge is 0.0619 e. The number of rotatable bonds is 6. The van der Waals surface area contributed by atoms with E-state index in [0.29, 0.717) is 6.04 Å². The van der Waals surface area contributed by atoms with E-state index >= 15 is 0 Å². The third-order valence-electron chi connectivity index (χ3n) is 2.37. The second kappa shape index (κ2) is 7.65. The van der Waals surface area contributed by atoms with Crippen molar-refractivity contribution < 1.29 is 4.74 Å². The molecule has 1 aliphatic rings. The van der Waals surface area contributed by atoms with Gasteiger partial charge in [-0.15, -0.1) is 0 Å². The van der Waals surface area contributed by atoms with E-state index in [1.807, 2.05) is 11.8 Å². The van der Waals surface area contributed by atoms with Crippen LogP contribution in [-0.4, -0.2) is 37.8 Å². The molecule has 0 aromatic rings. The second-order valence-corrected chi connectivity index (χ2v) is 4.55. The highest BCUT2D eigenvalue weighted by molar-refractivity contribution is 7.98. The molecular formula is C10H21NOS. The molecule has 0 radical (unpaired) electrons. The van der Waals surface area contributed by atoms with Gasteiger partial charge >= 0.3 is 0 Å². The van der Waals surface area contributed by atoms with Crippen molar-refractivity contribution in [1.82, 2.24) is 5.32 Å². The van der Waals surface area contributed by atoms with Crippen LogP contribution in [0.3, 0.4) is 0 Å². The molecular weight excluding hydrogens is 182 g/mol. The van der Waals surface area contributed by atoms with Crippen LogP contribution in [0.4, 0.5) is 0 Å². The van der Waals surface area contributed by atoms with Crippen LogP contribution in [0, 0.1) is 0 Å². The SMILES string of the molecule is CSCCCOCC1CCCCN1. The Morgan fingerprint density at radius 1 is 1.46 bits per heavy atom. The first kappa shape index (κ1) is 11.3. The van der Waals surface area contributed by atoms with Gasteiger partial charge in [-0.3, -0.25) is 0 Å². The maximum atomic E-state index is 5.60. The molecule has 0 saturated carbocycles. The third-order valence-corrected chi connectivity index (χ3v) is 3.07. The zero-order chi connectivity index (χ0) is 9.36. The average molecular weight is 203 g/mol. The fourth-order valence-electron chi connectivity index (χ4n) is 1.60. The van der Waals surface area contributed by atoms with Gasteiger partial charge in [0.25, 0.3) is 0 Å². The van der Waals surface area contributed by atoms with E-state index in [0.717, 1.165) is 13.2 Å². The summed E-state index contributed by atoms with van der Waals surface area (Å²) in [6.45, 7) is 3.02. The minimum absolute atomic E-state index is 0.628. The summed E-state index contributed by atoms with van der Waals surface area (Å²) in [5.41, 5.74) is 0. The van der Waals surface area contributed by atoms with Crippen LogP contribution in [0.2, 0.25) is 0 Å². The van der Waals surface area contributed by atoms with Crippen molar-refractivity contribution in [2.24, 2.45) is 0 Å². The van der Waals surface area contributed by atoms with Crippen molar-refractivity contribution >= 4 is 11.8 Å². The summed E-state index contributed by atoms with van der Waals surface area (Å²) in [4.78, 5) is 0. The minimum Gasteiger partial charge on any atom is -0.380 e. The Bertz CT molecular complexity index is 115. The Hall–Kier alpha value is 0.270. The standard InChI is InChI=1S/C10H21NOS/c1-13-8-4-7-12-9-10-5-2-3-6-11-10/h10-11H,2-9H2,1H3. The fourth-order valence-corrected chi connectivity index (χ4v) is 2.00. The van der Waals surface area contributed by atoms with E-state index in [4.69, 9.17) is 4.74 Å². The molecule has 0 aromatic carbocycles. The van der Waals surface area contributed by atoms with Crippen molar-refractivity contribution in [2.75, 3.05) is 31.8 Å². The Balaban J connectivity index is 1.86. The normalized spacial score (nSPS) is 23.3. The molecule has 1 heterocycles. The predicted octanol–water partition coefficient (Wildman–Crippen LogP) is 1.90. The van der Waals surface area contributed by atoms with Gasteiger partial charge in [-0.1, -0.05) is 6.42 Å². The fraction of sp³-hybridized carbons (Fsp3) is 1.00. The van der Waals surface area contributed by atoms with Gasteiger partial charge in [-0.25, -0.2) is 0 Å². The van der Waals surface area contributed by atoms with Gasteiger partial charge in [0.1, 0.15) is 0 Å². The number of nitrogens with one attached hydrogen (secondary N) is 1. The summed E-state index contributed by atoms with van der Waals surface area (Å²) < 4.78 is 5.60. The van der Waals surface area contributed by atoms with Gasteiger partial charge in [0.05, 0.1) is 6.61 Å². The van der Waals surface area contributed by atoms with Gasteiger partial charge in [0.2, 0.25) is 0 Å². The first-order valence-electron chi connectivity index (χ1n) is 5.23. The maximum absolute atomic E-state index is 5.60. The van der Waals surface area contributed by atoms with Crippen molar-refractivity contribution in [3.05, 3.63) is 0 Å².